The molecule has 6 nitrogen and oxygen atoms in total. The molecule has 1 unspecified atom stereocenters. The van der Waals surface area contributed by atoms with Gasteiger partial charge < -0.3 is 10.4 Å². The normalized spacial score (nSPS) is 23.3. The highest BCUT2D eigenvalue weighted by molar-refractivity contribution is 7.10. The second kappa shape index (κ2) is 4.17. The fraction of sp³-hybridized carbons (Fsp3) is 0.300. The van der Waals surface area contributed by atoms with Crippen molar-refractivity contribution in [2.75, 3.05) is 0 Å². The van der Waals surface area contributed by atoms with Crippen LogP contribution in [0.3, 0.4) is 0 Å². The molecule has 1 atom stereocenters. The molecule has 1 aliphatic rings. The number of thiophene rings is 1. The maximum Gasteiger partial charge on any atom is 0.322 e. The second-order valence-corrected chi connectivity index (χ2v) is 4.63. The van der Waals surface area contributed by atoms with Gasteiger partial charge in [-0.3, -0.25) is 14.9 Å². The highest BCUT2D eigenvalue weighted by Gasteiger charge is 2.48. The van der Waals surface area contributed by atoms with Crippen LogP contribution in [-0.4, -0.2) is 23.0 Å². The second-order valence-electron chi connectivity index (χ2n) is 3.68. The number of rotatable bonds is 4. The smallest absolute Gasteiger partial charge is 0.322 e. The van der Waals surface area contributed by atoms with Crippen LogP contribution >= 0.6 is 11.3 Å². The molecule has 1 saturated heterocycles. The Morgan fingerprint density at radius 2 is 2.24 bits per heavy atom. The van der Waals surface area contributed by atoms with E-state index in [2.05, 4.69) is 10.6 Å². The van der Waals surface area contributed by atoms with Crippen LogP contribution in [0.2, 0.25) is 0 Å². The molecule has 1 aliphatic heterocycles. The van der Waals surface area contributed by atoms with E-state index in [9.17, 15) is 14.4 Å². The molecule has 1 aromatic heterocycles. The van der Waals surface area contributed by atoms with Gasteiger partial charge in [0.15, 0.2) is 5.54 Å². The third-order valence-electron chi connectivity index (χ3n) is 2.60. The average Bonchev–Trinajstić information content (AvgIpc) is 2.84. The molecule has 3 N–H and O–H groups in total. The summed E-state index contributed by atoms with van der Waals surface area (Å²) < 4.78 is 0. The standard InChI is InChI=1S/C10H10N2O4S/c13-7(14)3-4-10(6-2-1-5-17-6)8(15)11-9(16)12-10/h1-2,5H,3-4H2,(H,13,14)(H2,11,12,15,16). The molecule has 1 fully saturated rings. The first-order chi connectivity index (χ1) is 8.04. The maximum absolute atomic E-state index is 11.8. The fourth-order valence-electron chi connectivity index (χ4n) is 1.78. The number of carboxylic acid groups (broad SMARTS) is 1. The Morgan fingerprint density at radius 3 is 2.71 bits per heavy atom. The van der Waals surface area contributed by atoms with Gasteiger partial charge in [0.1, 0.15) is 0 Å². The van der Waals surface area contributed by atoms with Gasteiger partial charge in [-0.2, -0.15) is 0 Å². The maximum atomic E-state index is 11.8. The quantitative estimate of drug-likeness (QED) is 0.687. The van der Waals surface area contributed by atoms with Crippen LogP contribution in [0, 0.1) is 0 Å². The Bertz CT molecular complexity index is 471. The van der Waals surface area contributed by atoms with E-state index in [-0.39, 0.29) is 12.8 Å². The van der Waals surface area contributed by atoms with E-state index >= 15 is 0 Å². The lowest BCUT2D eigenvalue weighted by molar-refractivity contribution is -0.137. The topological polar surface area (TPSA) is 95.5 Å². The first kappa shape index (κ1) is 11.6. The minimum Gasteiger partial charge on any atom is -0.481 e. The van der Waals surface area contributed by atoms with E-state index in [1.54, 1.807) is 17.5 Å². The van der Waals surface area contributed by atoms with Gasteiger partial charge in [0.05, 0.1) is 0 Å². The van der Waals surface area contributed by atoms with Gasteiger partial charge in [-0.15, -0.1) is 11.3 Å². The van der Waals surface area contributed by atoms with Gasteiger partial charge in [-0.05, 0) is 17.9 Å². The molecule has 0 saturated carbocycles. The molecular formula is C10H10N2O4S. The van der Waals surface area contributed by atoms with E-state index in [4.69, 9.17) is 5.11 Å². The lowest BCUT2D eigenvalue weighted by Crippen LogP contribution is -2.43. The zero-order valence-corrected chi connectivity index (χ0v) is 9.54. The van der Waals surface area contributed by atoms with Gasteiger partial charge in [0.2, 0.25) is 0 Å². The van der Waals surface area contributed by atoms with E-state index in [1.165, 1.54) is 11.3 Å². The van der Waals surface area contributed by atoms with Crippen LogP contribution in [0.4, 0.5) is 4.79 Å². The highest BCUT2D eigenvalue weighted by Crippen LogP contribution is 2.33. The SMILES string of the molecule is O=C(O)CCC1(c2cccs2)NC(=O)NC1=O. The first-order valence-electron chi connectivity index (χ1n) is 4.94. The minimum absolute atomic E-state index is 0.0421. The predicted octanol–water partition coefficient (Wildman–Crippen LogP) is 0.648. The van der Waals surface area contributed by atoms with Crippen LogP contribution in [0.25, 0.3) is 0 Å². The molecule has 2 heterocycles. The molecule has 0 aliphatic carbocycles. The van der Waals surface area contributed by atoms with E-state index < -0.39 is 23.4 Å². The molecule has 7 heteroatoms. The van der Waals surface area contributed by atoms with Crippen LogP contribution in [0.1, 0.15) is 17.7 Å². The third-order valence-corrected chi connectivity index (χ3v) is 3.63. The molecule has 0 radical (unpaired) electrons. The van der Waals surface area contributed by atoms with Crippen molar-refractivity contribution in [1.29, 1.82) is 0 Å². The van der Waals surface area contributed by atoms with Crippen molar-refractivity contribution in [1.82, 2.24) is 10.6 Å². The number of hydrogen-bond donors (Lipinski definition) is 3. The number of imide groups is 1. The monoisotopic (exact) mass is 254 g/mol. The molecular weight excluding hydrogens is 244 g/mol. The lowest BCUT2D eigenvalue weighted by Gasteiger charge is -2.23. The number of aliphatic carboxylic acids is 1. The van der Waals surface area contributed by atoms with Crippen molar-refractivity contribution in [3.05, 3.63) is 22.4 Å². The third kappa shape index (κ3) is 2.01. The number of urea groups is 1. The van der Waals surface area contributed by atoms with Crippen molar-refractivity contribution in [2.45, 2.75) is 18.4 Å². The Hall–Kier alpha value is -1.89. The van der Waals surface area contributed by atoms with Crippen molar-refractivity contribution in [2.24, 2.45) is 0 Å². The lowest BCUT2D eigenvalue weighted by atomic mass is 9.91. The first-order valence-corrected chi connectivity index (χ1v) is 5.82. The number of nitrogens with one attached hydrogen (secondary N) is 2. The molecule has 90 valence electrons. The number of amides is 3. The summed E-state index contributed by atoms with van der Waals surface area (Å²) in [6, 6.07) is 2.87. The fourth-order valence-corrected chi connectivity index (χ4v) is 2.69. The average molecular weight is 254 g/mol. The van der Waals surface area contributed by atoms with Crippen LogP contribution < -0.4 is 10.6 Å². The van der Waals surface area contributed by atoms with Gasteiger partial charge in [-0.25, -0.2) is 4.79 Å². The number of carboxylic acids is 1. The van der Waals surface area contributed by atoms with Gasteiger partial charge in [0, 0.05) is 11.3 Å². The van der Waals surface area contributed by atoms with Crippen LogP contribution in [0.5, 0.6) is 0 Å². The van der Waals surface area contributed by atoms with Crippen LogP contribution in [-0.2, 0) is 15.1 Å². The van der Waals surface area contributed by atoms with Crippen molar-refractivity contribution in [3.8, 4) is 0 Å². The van der Waals surface area contributed by atoms with Crippen molar-refractivity contribution in [3.63, 3.8) is 0 Å². The number of hydrogen-bond acceptors (Lipinski definition) is 4. The molecule has 17 heavy (non-hydrogen) atoms. The highest BCUT2D eigenvalue weighted by atomic mass is 32.1. The molecule has 0 bridgehead atoms. The minimum atomic E-state index is -1.23. The summed E-state index contributed by atoms with van der Waals surface area (Å²) in [5.41, 5.74) is -1.23. The van der Waals surface area contributed by atoms with Gasteiger partial charge in [-0.1, -0.05) is 6.07 Å². The molecule has 3 amide bonds. The Balaban J connectivity index is 2.33. The molecule has 0 spiro atoms. The number of carbonyl (C=O) groups excluding carboxylic acids is 2. The summed E-state index contributed by atoms with van der Waals surface area (Å²) in [6.07, 6.45) is -0.147. The zero-order chi connectivity index (χ0) is 12.5. The van der Waals surface area contributed by atoms with E-state index in [0.717, 1.165) is 0 Å². The Labute approximate surface area is 101 Å². The van der Waals surface area contributed by atoms with Gasteiger partial charge >= 0.3 is 12.0 Å². The number of carbonyl (C=O) groups is 3. The van der Waals surface area contributed by atoms with E-state index in [1.807, 2.05) is 0 Å². The largest absolute Gasteiger partial charge is 0.481 e. The summed E-state index contributed by atoms with van der Waals surface area (Å²) in [7, 11) is 0. The molecule has 2 rings (SSSR count). The summed E-state index contributed by atoms with van der Waals surface area (Å²) in [5, 5.41) is 15.1. The Morgan fingerprint density at radius 1 is 1.47 bits per heavy atom. The molecule has 1 aromatic rings. The predicted molar refractivity (Wildman–Crippen MR) is 59.5 cm³/mol. The summed E-state index contributed by atoms with van der Waals surface area (Å²) >= 11 is 1.31. The molecule has 0 aromatic carbocycles. The zero-order valence-electron chi connectivity index (χ0n) is 8.73. The summed E-state index contributed by atoms with van der Waals surface area (Å²) in [4.78, 5) is 34.3. The van der Waals surface area contributed by atoms with Crippen molar-refractivity contribution >= 4 is 29.2 Å². The van der Waals surface area contributed by atoms with Crippen molar-refractivity contribution < 1.29 is 19.5 Å². The Kier molecular flexibility index (Phi) is 2.84. The summed E-state index contributed by atoms with van der Waals surface area (Å²) in [5.74, 6) is -1.50. The van der Waals surface area contributed by atoms with Gasteiger partial charge in [0.25, 0.3) is 5.91 Å². The summed E-state index contributed by atoms with van der Waals surface area (Å²) in [6.45, 7) is 0. The van der Waals surface area contributed by atoms with E-state index in [0.29, 0.717) is 4.88 Å². The van der Waals surface area contributed by atoms with Crippen LogP contribution in [0.15, 0.2) is 17.5 Å².